The molecule has 3 heterocycles. The van der Waals surface area contributed by atoms with Crippen LogP contribution in [0.15, 0.2) is 22.8 Å². The summed E-state index contributed by atoms with van der Waals surface area (Å²) in [5.41, 5.74) is 0.867. The van der Waals surface area contributed by atoms with Crippen LogP contribution in [0.1, 0.15) is 13.3 Å². The van der Waals surface area contributed by atoms with E-state index in [9.17, 15) is 0 Å². The number of nitrogens with zero attached hydrogens (tertiary/aromatic N) is 4. The molecule has 102 valence electrons. The van der Waals surface area contributed by atoms with Crippen molar-refractivity contribution in [3.63, 3.8) is 0 Å². The maximum Gasteiger partial charge on any atom is 0.243 e. The van der Waals surface area contributed by atoms with Gasteiger partial charge in [-0.2, -0.15) is 4.98 Å². The van der Waals surface area contributed by atoms with Gasteiger partial charge in [0.05, 0.1) is 0 Å². The van der Waals surface area contributed by atoms with Crippen LogP contribution in [-0.2, 0) is 0 Å². The van der Waals surface area contributed by atoms with Gasteiger partial charge in [-0.15, -0.1) is 5.10 Å². The predicted molar refractivity (Wildman–Crippen MR) is 79.4 cm³/mol. The molecule has 2 aromatic heterocycles. The molecule has 2 atom stereocenters. The van der Waals surface area contributed by atoms with Crippen LogP contribution in [0.5, 0.6) is 0 Å². The maximum atomic E-state index is 4.51. The van der Waals surface area contributed by atoms with Crippen LogP contribution >= 0.6 is 15.9 Å². The van der Waals surface area contributed by atoms with E-state index in [2.05, 4.69) is 50.2 Å². The lowest BCUT2D eigenvalue weighted by Gasteiger charge is -2.34. The second kappa shape index (κ2) is 5.09. The van der Waals surface area contributed by atoms with E-state index in [1.54, 1.807) is 4.52 Å². The molecule has 1 saturated heterocycles. The summed E-state index contributed by atoms with van der Waals surface area (Å²) in [4.78, 5) is 6.88. The number of hydrogen-bond donors (Lipinski definition) is 1. The molecule has 0 spiro atoms. The highest BCUT2D eigenvalue weighted by Crippen LogP contribution is 2.19. The average Bonchev–Trinajstić information content (AvgIpc) is 2.74. The Bertz CT molecular complexity index is 581. The summed E-state index contributed by atoms with van der Waals surface area (Å²) in [5, 5.41) is 7.95. The predicted octanol–water partition coefficient (Wildman–Crippen LogP) is 2.24. The zero-order valence-corrected chi connectivity index (χ0v) is 12.8. The van der Waals surface area contributed by atoms with Crippen molar-refractivity contribution >= 4 is 27.5 Å². The Labute approximate surface area is 121 Å². The van der Waals surface area contributed by atoms with Gasteiger partial charge in [-0.05, 0) is 54.0 Å². The Kier molecular flexibility index (Phi) is 3.45. The molecule has 1 fully saturated rings. The highest BCUT2D eigenvalue weighted by Gasteiger charge is 2.24. The van der Waals surface area contributed by atoms with Crippen LogP contribution in [0.2, 0.25) is 0 Å². The van der Waals surface area contributed by atoms with Crippen LogP contribution in [0.3, 0.4) is 0 Å². The van der Waals surface area contributed by atoms with E-state index in [-0.39, 0.29) is 0 Å². The number of fused-ring (bicyclic) bond motifs is 1. The maximum absolute atomic E-state index is 4.51. The molecule has 1 N–H and O–H groups in total. The number of piperidine rings is 1. The third-order valence-electron chi connectivity index (χ3n) is 3.72. The molecule has 0 saturated carbocycles. The van der Waals surface area contributed by atoms with Crippen molar-refractivity contribution in [3.05, 3.63) is 22.8 Å². The standard InChI is InChI=1S/C13H18BrN5/c1-9-7-18(2)6-5-11(9)15-13-16-12-4-3-10(14)8-19(12)17-13/h3-4,8-9,11H,5-7H2,1-2H3,(H,15,17). The summed E-state index contributed by atoms with van der Waals surface area (Å²) in [6.07, 6.45) is 3.06. The molecule has 5 nitrogen and oxygen atoms in total. The van der Waals surface area contributed by atoms with Crippen LogP contribution in [0.25, 0.3) is 5.65 Å². The minimum absolute atomic E-state index is 0.456. The van der Waals surface area contributed by atoms with Crippen molar-refractivity contribution in [2.45, 2.75) is 19.4 Å². The van der Waals surface area contributed by atoms with Crippen LogP contribution in [0, 0.1) is 5.92 Å². The molecule has 2 aromatic rings. The Morgan fingerprint density at radius 2 is 2.26 bits per heavy atom. The molecule has 2 unspecified atom stereocenters. The molecule has 0 bridgehead atoms. The first kappa shape index (κ1) is 12.9. The highest BCUT2D eigenvalue weighted by atomic mass is 79.9. The number of anilines is 1. The average molecular weight is 324 g/mol. The Morgan fingerprint density at radius 3 is 3.05 bits per heavy atom. The molecule has 1 aliphatic heterocycles. The van der Waals surface area contributed by atoms with Crippen molar-refractivity contribution in [1.82, 2.24) is 19.5 Å². The second-order valence-corrected chi connectivity index (χ2v) is 6.28. The number of halogens is 1. The fourth-order valence-electron chi connectivity index (χ4n) is 2.65. The molecule has 0 radical (unpaired) electrons. The van der Waals surface area contributed by atoms with Gasteiger partial charge in [0.25, 0.3) is 0 Å². The third-order valence-corrected chi connectivity index (χ3v) is 4.19. The first-order chi connectivity index (χ1) is 9.11. The van der Waals surface area contributed by atoms with Crippen LogP contribution in [0.4, 0.5) is 5.95 Å². The van der Waals surface area contributed by atoms with Crippen molar-refractivity contribution < 1.29 is 0 Å². The van der Waals surface area contributed by atoms with Crippen LogP contribution < -0.4 is 5.32 Å². The highest BCUT2D eigenvalue weighted by molar-refractivity contribution is 9.10. The summed E-state index contributed by atoms with van der Waals surface area (Å²) in [6.45, 7) is 4.53. The van der Waals surface area contributed by atoms with Gasteiger partial charge in [0.2, 0.25) is 5.95 Å². The molecule has 1 aliphatic rings. The van der Waals surface area contributed by atoms with Gasteiger partial charge in [-0.25, -0.2) is 4.52 Å². The Balaban J connectivity index is 1.77. The number of pyridine rings is 1. The second-order valence-electron chi connectivity index (χ2n) is 5.36. The minimum atomic E-state index is 0.456. The van der Waals surface area contributed by atoms with Gasteiger partial charge in [0.15, 0.2) is 5.65 Å². The summed E-state index contributed by atoms with van der Waals surface area (Å²) in [5.74, 6) is 1.33. The summed E-state index contributed by atoms with van der Waals surface area (Å²) >= 11 is 3.44. The van der Waals surface area contributed by atoms with Gasteiger partial charge in [-0.1, -0.05) is 6.92 Å². The lowest BCUT2D eigenvalue weighted by Crippen LogP contribution is -2.43. The van der Waals surface area contributed by atoms with E-state index in [1.165, 1.54) is 0 Å². The number of aromatic nitrogens is 3. The zero-order chi connectivity index (χ0) is 13.4. The van der Waals surface area contributed by atoms with E-state index in [0.717, 1.165) is 35.6 Å². The zero-order valence-electron chi connectivity index (χ0n) is 11.2. The van der Waals surface area contributed by atoms with Crippen LogP contribution in [-0.4, -0.2) is 45.7 Å². The monoisotopic (exact) mass is 323 g/mol. The van der Waals surface area contributed by atoms with Gasteiger partial charge < -0.3 is 10.2 Å². The molecule has 19 heavy (non-hydrogen) atoms. The van der Waals surface area contributed by atoms with E-state index >= 15 is 0 Å². The Hall–Kier alpha value is -1.14. The van der Waals surface area contributed by atoms with Gasteiger partial charge >= 0.3 is 0 Å². The van der Waals surface area contributed by atoms with Crippen molar-refractivity contribution in [2.24, 2.45) is 5.92 Å². The topological polar surface area (TPSA) is 45.5 Å². The van der Waals surface area contributed by atoms with Crippen molar-refractivity contribution in [2.75, 3.05) is 25.5 Å². The van der Waals surface area contributed by atoms with Crippen molar-refractivity contribution in [3.8, 4) is 0 Å². The fourth-order valence-corrected chi connectivity index (χ4v) is 2.98. The van der Waals surface area contributed by atoms with E-state index < -0.39 is 0 Å². The molecule has 6 heteroatoms. The van der Waals surface area contributed by atoms with E-state index in [1.807, 2.05) is 18.3 Å². The molecule has 0 aliphatic carbocycles. The lowest BCUT2D eigenvalue weighted by molar-refractivity contribution is 0.206. The summed E-state index contributed by atoms with van der Waals surface area (Å²) in [7, 11) is 2.17. The Morgan fingerprint density at radius 1 is 1.42 bits per heavy atom. The minimum Gasteiger partial charge on any atom is -0.350 e. The first-order valence-electron chi connectivity index (χ1n) is 6.59. The number of nitrogens with one attached hydrogen (secondary N) is 1. The van der Waals surface area contributed by atoms with E-state index in [4.69, 9.17) is 0 Å². The third kappa shape index (κ3) is 2.74. The van der Waals surface area contributed by atoms with Gasteiger partial charge in [0.1, 0.15) is 0 Å². The molecule has 3 rings (SSSR count). The summed E-state index contributed by atoms with van der Waals surface area (Å²) < 4.78 is 2.80. The largest absolute Gasteiger partial charge is 0.350 e. The molecule has 0 amide bonds. The van der Waals surface area contributed by atoms with Gasteiger partial charge in [-0.3, -0.25) is 0 Å². The molecular weight excluding hydrogens is 306 g/mol. The first-order valence-corrected chi connectivity index (χ1v) is 7.38. The quantitative estimate of drug-likeness (QED) is 0.920. The number of likely N-dealkylation sites (tertiary alicyclic amines) is 1. The fraction of sp³-hybridized carbons (Fsp3) is 0.538. The van der Waals surface area contributed by atoms with Gasteiger partial charge in [0, 0.05) is 23.3 Å². The molecular formula is C13H18BrN5. The van der Waals surface area contributed by atoms with Crippen molar-refractivity contribution in [1.29, 1.82) is 0 Å². The smallest absolute Gasteiger partial charge is 0.243 e. The number of hydrogen-bond acceptors (Lipinski definition) is 4. The summed E-state index contributed by atoms with van der Waals surface area (Å²) in [6, 6.07) is 4.39. The number of rotatable bonds is 2. The SMILES string of the molecule is CC1CN(C)CCC1Nc1nc2ccc(Br)cn2n1. The normalized spacial score (nSPS) is 24.8. The van der Waals surface area contributed by atoms with E-state index in [0.29, 0.717) is 12.0 Å². The molecule has 0 aromatic carbocycles. The lowest BCUT2D eigenvalue weighted by atomic mass is 9.94.